The molecule has 0 aliphatic carbocycles. The molecule has 0 saturated carbocycles. The molecule has 3 heteroatoms. The quantitative estimate of drug-likeness (QED) is 0.708. The van der Waals surface area contributed by atoms with Crippen LogP contribution in [0.15, 0.2) is 18.7 Å². The normalized spacial score (nSPS) is 13.3. The van der Waals surface area contributed by atoms with Crippen LogP contribution in [0, 0.1) is 0 Å². The zero-order valence-corrected chi connectivity index (χ0v) is 6.77. The minimum atomic E-state index is 0.199. The van der Waals surface area contributed by atoms with Gasteiger partial charge >= 0.3 is 0 Å². The molecule has 1 N–H and O–H groups in total. The Balaban J connectivity index is 2.56. The van der Waals surface area contributed by atoms with Crippen LogP contribution in [-0.4, -0.2) is 21.3 Å². The fraction of sp³-hybridized carbons (Fsp3) is 0.625. The largest absolute Gasteiger partial charge is 0.394 e. The Hall–Kier alpha value is -0.830. The van der Waals surface area contributed by atoms with Crippen molar-refractivity contribution in [2.45, 2.75) is 25.8 Å². The predicted octanol–water partition coefficient (Wildman–Crippen LogP) is 1.22. The number of aliphatic hydroxyl groups excluding tert-OH is 1. The summed E-state index contributed by atoms with van der Waals surface area (Å²) < 4.78 is 1.95. The van der Waals surface area contributed by atoms with Gasteiger partial charge in [0, 0.05) is 12.4 Å². The van der Waals surface area contributed by atoms with Gasteiger partial charge in [0.05, 0.1) is 19.0 Å². The summed E-state index contributed by atoms with van der Waals surface area (Å²) in [5, 5.41) is 8.98. The number of hydrogen-bond donors (Lipinski definition) is 1. The van der Waals surface area contributed by atoms with E-state index in [1.165, 1.54) is 0 Å². The molecule has 0 saturated heterocycles. The Morgan fingerprint density at radius 3 is 2.91 bits per heavy atom. The fourth-order valence-electron chi connectivity index (χ4n) is 1.15. The third-order valence-electron chi connectivity index (χ3n) is 1.78. The summed E-state index contributed by atoms with van der Waals surface area (Å²) in [6, 6.07) is 0.211. The summed E-state index contributed by atoms with van der Waals surface area (Å²) >= 11 is 0. The molecule has 1 aromatic heterocycles. The summed E-state index contributed by atoms with van der Waals surface area (Å²) in [7, 11) is 0. The van der Waals surface area contributed by atoms with E-state index < -0.39 is 0 Å². The lowest BCUT2D eigenvalue weighted by Crippen LogP contribution is -2.10. The predicted molar refractivity (Wildman–Crippen MR) is 43.3 cm³/mol. The van der Waals surface area contributed by atoms with Crippen LogP contribution >= 0.6 is 0 Å². The van der Waals surface area contributed by atoms with E-state index in [0.29, 0.717) is 0 Å². The van der Waals surface area contributed by atoms with E-state index in [2.05, 4.69) is 11.9 Å². The van der Waals surface area contributed by atoms with Crippen molar-refractivity contribution in [1.82, 2.24) is 9.55 Å². The number of hydrogen-bond acceptors (Lipinski definition) is 2. The highest BCUT2D eigenvalue weighted by Crippen LogP contribution is 2.11. The third-order valence-corrected chi connectivity index (χ3v) is 1.78. The van der Waals surface area contributed by atoms with Gasteiger partial charge < -0.3 is 9.67 Å². The van der Waals surface area contributed by atoms with E-state index in [4.69, 9.17) is 5.11 Å². The molecular formula is C8H14N2O. The van der Waals surface area contributed by atoms with Crippen LogP contribution in [0.4, 0.5) is 0 Å². The van der Waals surface area contributed by atoms with Crippen molar-refractivity contribution >= 4 is 0 Å². The summed E-state index contributed by atoms with van der Waals surface area (Å²) in [4.78, 5) is 3.93. The van der Waals surface area contributed by atoms with Crippen LogP contribution in [0.3, 0.4) is 0 Å². The van der Waals surface area contributed by atoms with E-state index in [9.17, 15) is 0 Å². The van der Waals surface area contributed by atoms with Crippen LogP contribution in [0.5, 0.6) is 0 Å². The van der Waals surface area contributed by atoms with Crippen molar-refractivity contribution in [3.8, 4) is 0 Å². The highest BCUT2D eigenvalue weighted by Gasteiger charge is 2.05. The molecule has 1 atom stereocenters. The maximum Gasteiger partial charge on any atom is 0.0949 e. The molecule has 0 aromatic carbocycles. The number of rotatable bonds is 4. The zero-order chi connectivity index (χ0) is 8.10. The van der Waals surface area contributed by atoms with Crippen molar-refractivity contribution < 1.29 is 5.11 Å². The summed E-state index contributed by atoms with van der Waals surface area (Å²) in [5.74, 6) is 0. The van der Waals surface area contributed by atoms with Crippen LogP contribution < -0.4 is 0 Å². The van der Waals surface area contributed by atoms with Gasteiger partial charge in [0.1, 0.15) is 0 Å². The average molecular weight is 154 g/mol. The Kier molecular flexibility index (Phi) is 3.11. The SMILES string of the molecule is CCCC(CO)n1ccnc1. The first-order valence-corrected chi connectivity index (χ1v) is 3.96. The summed E-state index contributed by atoms with van der Waals surface area (Å²) in [6.07, 6.45) is 7.46. The number of aliphatic hydroxyl groups is 1. The van der Waals surface area contributed by atoms with E-state index >= 15 is 0 Å². The molecule has 0 fully saturated rings. The molecule has 0 amide bonds. The van der Waals surface area contributed by atoms with Gasteiger partial charge in [-0.2, -0.15) is 0 Å². The molecule has 0 aliphatic heterocycles. The molecule has 0 radical (unpaired) electrons. The molecule has 11 heavy (non-hydrogen) atoms. The Morgan fingerprint density at radius 1 is 1.64 bits per heavy atom. The standard InChI is InChI=1S/C8H14N2O/c1-2-3-8(6-11)10-5-4-9-7-10/h4-5,7-8,11H,2-3,6H2,1H3. The van der Waals surface area contributed by atoms with Gasteiger partial charge in [-0.1, -0.05) is 13.3 Å². The third kappa shape index (κ3) is 2.05. The summed E-state index contributed by atoms with van der Waals surface area (Å²) in [6.45, 7) is 2.31. The van der Waals surface area contributed by atoms with Crippen molar-refractivity contribution in [3.05, 3.63) is 18.7 Å². The lowest BCUT2D eigenvalue weighted by molar-refractivity contribution is 0.219. The van der Waals surface area contributed by atoms with Crippen molar-refractivity contribution in [2.24, 2.45) is 0 Å². The van der Waals surface area contributed by atoms with Crippen LogP contribution in [-0.2, 0) is 0 Å². The first-order valence-electron chi connectivity index (χ1n) is 3.96. The van der Waals surface area contributed by atoms with Crippen LogP contribution in [0.2, 0.25) is 0 Å². The molecule has 0 spiro atoms. The smallest absolute Gasteiger partial charge is 0.0949 e. The molecule has 0 bridgehead atoms. The molecular weight excluding hydrogens is 140 g/mol. The van der Waals surface area contributed by atoms with Gasteiger partial charge in [-0.15, -0.1) is 0 Å². The molecule has 1 unspecified atom stereocenters. The van der Waals surface area contributed by atoms with Gasteiger partial charge in [0.15, 0.2) is 0 Å². The fourth-order valence-corrected chi connectivity index (χ4v) is 1.15. The second-order valence-electron chi connectivity index (χ2n) is 2.63. The van der Waals surface area contributed by atoms with Gasteiger partial charge in [0.25, 0.3) is 0 Å². The molecule has 1 aromatic rings. The second-order valence-corrected chi connectivity index (χ2v) is 2.63. The Labute approximate surface area is 66.7 Å². The zero-order valence-electron chi connectivity index (χ0n) is 6.77. The monoisotopic (exact) mass is 154 g/mol. The van der Waals surface area contributed by atoms with Gasteiger partial charge in [-0.25, -0.2) is 4.98 Å². The van der Waals surface area contributed by atoms with E-state index in [1.54, 1.807) is 12.5 Å². The second kappa shape index (κ2) is 4.13. The maximum atomic E-state index is 8.98. The minimum Gasteiger partial charge on any atom is -0.394 e. The van der Waals surface area contributed by atoms with Gasteiger partial charge in [-0.3, -0.25) is 0 Å². The lowest BCUT2D eigenvalue weighted by Gasteiger charge is -2.13. The van der Waals surface area contributed by atoms with Crippen molar-refractivity contribution in [3.63, 3.8) is 0 Å². The molecule has 3 nitrogen and oxygen atoms in total. The summed E-state index contributed by atoms with van der Waals surface area (Å²) in [5.41, 5.74) is 0. The van der Waals surface area contributed by atoms with Crippen molar-refractivity contribution in [1.29, 1.82) is 0 Å². The molecule has 0 aliphatic rings. The molecule has 1 heterocycles. The topological polar surface area (TPSA) is 38.0 Å². The number of imidazole rings is 1. The molecule has 1 rings (SSSR count). The highest BCUT2D eigenvalue weighted by atomic mass is 16.3. The lowest BCUT2D eigenvalue weighted by atomic mass is 10.2. The first kappa shape index (κ1) is 8.27. The van der Waals surface area contributed by atoms with E-state index in [-0.39, 0.29) is 12.6 Å². The maximum absolute atomic E-state index is 8.98. The Bertz CT molecular complexity index is 184. The van der Waals surface area contributed by atoms with Gasteiger partial charge in [0.2, 0.25) is 0 Å². The average Bonchev–Trinajstić information content (AvgIpc) is 2.52. The number of nitrogens with zero attached hydrogens (tertiary/aromatic N) is 2. The highest BCUT2D eigenvalue weighted by molar-refractivity contribution is 4.79. The number of aromatic nitrogens is 2. The minimum absolute atomic E-state index is 0.199. The molecule has 62 valence electrons. The van der Waals surface area contributed by atoms with Gasteiger partial charge in [-0.05, 0) is 6.42 Å². The van der Waals surface area contributed by atoms with Crippen LogP contribution in [0.25, 0.3) is 0 Å². The van der Waals surface area contributed by atoms with Crippen LogP contribution in [0.1, 0.15) is 25.8 Å². The first-order chi connectivity index (χ1) is 5.38. The van der Waals surface area contributed by atoms with Crippen molar-refractivity contribution in [2.75, 3.05) is 6.61 Å². The van der Waals surface area contributed by atoms with E-state index in [0.717, 1.165) is 12.8 Å². The van der Waals surface area contributed by atoms with E-state index in [1.807, 2.05) is 10.8 Å². The Morgan fingerprint density at radius 2 is 2.45 bits per heavy atom.